The summed E-state index contributed by atoms with van der Waals surface area (Å²) in [6.45, 7) is 3.24. The molecule has 1 aliphatic rings. The van der Waals surface area contributed by atoms with Gasteiger partial charge in [0, 0.05) is 19.6 Å². The first-order valence-electron chi connectivity index (χ1n) is 8.50. The van der Waals surface area contributed by atoms with Gasteiger partial charge >= 0.3 is 0 Å². The van der Waals surface area contributed by atoms with Crippen molar-refractivity contribution in [3.8, 4) is 0 Å². The van der Waals surface area contributed by atoms with E-state index in [1.54, 1.807) is 17.0 Å². The Balaban J connectivity index is 1.52. The molecular weight excluding hydrogens is 306 g/mol. The van der Waals surface area contributed by atoms with Crippen LogP contribution in [-0.2, 0) is 16.1 Å². The smallest absolute Gasteiger partial charge is 0.261 e. The van der Waals surface area contributed by atoms with Gasteiger partial charge in [0.1, 0.15) is 0 Å². The van der Waals surface area contributed by atoms with Crippen LogP contribution in [0.15, 0.2) is 35.4 Å². The van der Waals surface area contributed by atoms with Gasteiger partial charge in [0.25, 0.3) is 5.56 Å². The monoisotopic (exact) mass is 329 g/mol. The van der Waals surface area contributed by atoms with Crippen molar-refractivity contribution in [2.24, 2.45) is 0 Å². The highest BCUT2D eigenvalue weighted by Crippen LogP contribution is 2.15. The molecule has 1 fully saturated rings. The zero-order chi connectivity index (χ0) is 16.9. The van der Waals surface area contributed by atoms with Crippen molar-refractivity contribution in [1.29, 1.82) is 0 Å². The van der Waals surface area contributed by atoms with Crippen LogP contribution in [0.3, 0.4) is 0 Å². The standard InChI is InChI=1S/C18H23N3O3/c1-13(16-8-5-11-24-16)20-17(22)9-4-10-21-12-19-15-7-3-2-6-14(15)18(21)23/h2-3,6-7,12-13,16H,4-5,8-11H2,1H3,(H,20,22)/t13-,16+/m0/s1. The molecule has 128 valence electrons. The van der Waals surface area contributed by atoms with E-state index in [1.165, 1.54) is 0 Å². The van der Waals surface area contributed by atoms with Gasteiger partial charge in [0.2, 0.25) is 5.91 Å². The average Bonchev–Trinajstić information content (AvgIpc) is 3.12. The van der Waals surface area contributed by atoms with Gasteiger partial charge in [-0.25, -0.2) is 4.98 Å². The number of fused-ring (bicyclic) bond motifs is 1. The van der Waals surface area contributed by atoms with Crippen LogP contribution in [0.2, 0.25) is 0 Å². The van der Waals surface area contributed by atoms with Crippen LogP contribution in [0, 0.1) is 0 Å². The fourth-order valence-corrected chi connectivity index (χ4v) is 3.09. The summed E-state index contributed by atoms with van der Waals surface area (Å²) in [7, 11) is 0. The molecule has 1 saturated heterocycles. The van der Waals surface area contributed by atoms with E-state index in [4.69, 9.17) is 4.74 Å². The van der Waals surface area contributed by atoms with Crippen molar-refractivity contribution in [2.45, 2.75) is 51.3 Å². The summed E-state index contributed by atoms with van der Waals surface area (Å²) in [5, 5.41) is 3.59. The lowest BCUT2D eigenvalue weighted by atomic mass is 10.1. The van der Waals surface area contributed by atoms with Gasteiger partial charge in [-0.15, -0.1) is 0 Å². The first-order valence-corrected chi connectivity index (χ1v) is 8.50. The largest absolute Gasteiger partial charge is 0.376 e. The Morgan fingerprint density at radius 2 is 2.29 bits per heavy atom. The van der Waals surface area contributed by atoms with Gasteiger partial charge in [-0.05, 0) is 38.3 Å². The predicted molar refractivity (Wildman–Crippen MR) is 91.8 cm³/mol. The molecule has 3 rings (SSSR count). The SMILES string of the molecule is C[C@H](NC(=O)CCCn1cnc2ccccc2c1=O)[C@H]1CCCO1. The molecule has 2 atom stereocenters. The number of carbonyl (C=O) groups is 1. The number of amides is 1. The number of nitrogens with zero attached hydrogens (tertiary/aromatic N) is 2. The maximum atomic E-state index is 12.4. The topological polar surface area (TPSA) is 73.2 Å². The maximum Gasteiger partial charge on any atom is 0.261 e. The summed E-state index contributed by atoms with van der Waals surface area (Å²) in [5.74, 6) is -0.000188. The Labute approximate surface area is 140 Å². The molecule has 0 unspecified atom stereocenters. The molecule has 1 aromatic carbocycles. The van der Waals surface area contributed by atoms with Crippen molar-refractivity contribution in [3.63, 3.8) is 0 Å². The molecule has 6 nitrogen and oxygen atoms in total. The summed E-state index contributed by atoms with van der Waals surface area (Å²) < 4.78 is 7.15. The summed E-state index contributed by atoms with van der Waals surface area (Å²) in [4.78, 5) is 28.7. The van der Waals surface area contributed by atoms with E-state index in [-0.39, 0.29) is 23.6 Å². The molecule has 2 heterocycles. The van der Waals surface area contributed by atoms with E-state index in [0.29, 0.717) is 30.3 Å². The van der Waals surface area contributed by atoms with E-state index >= 15 is 0 Å². The van der Waals surface area contributed by atoms with Crippen LogP contribution in [0.1, 0.15) is 32.6 Å². The summed E-state index contributed by atoms with van der Waals surface area (Å²) >= 11 is 0. The van der Waals surface area contributed by atoms with Gasteiger partial charge in [-0.2, -0.15) is 0 Å². The van der Waals surface area contributed by atoms with Gasteiger partial charge < -0.3 is 10.1 Å². The van der Waals surface area contributed by atoms with Crippen LogP contribution < -0.4 is 10.9 Å². The Morgan fingerprint density at radius 3 is 3.08 bits per heavy atom. The summed E-state index contributed by atoms with van der Waals surface area (Å²) in [6.07, 6.45) is 4.72. The Hall–Kier alpha value is -2.21. The summed E-state index contributed by atoms with van der Waals surface area (Å²) in [6, 6.07) is 7.32. The quantitative estimate of drug-likeness (QED) is 0.878. The first kappa shape index (κ1) is 16.6. The average molecular weight is 329 g/mol. The lowest BCUT2D eigenvalue weighted by molar-refractivity contribution is -0.122. The van der Waals surface area contributed by atoms with Crippen LogP contribution in [-0.4, -0.2) is 34.2 Å². The molecule has 0 radical (unpaired) electrons. The van der Waals surface area contributed by atoms with Crippen LogP contribution in [0.5, 0.6) is 0 Å². The molecule has 1 amide bonds. The second kappa shape index (κ2) is 7.57. The fourth-order valence-electron chi connectivity index (χ4n) is 3.09. The number of nitrogens with one attached hydrogen (secondary N) is 1. The highest BCUT2D eigenvalue weighted by atomic mass is 16.5. The van der Waals surface area contributed by atoms with E-state index in [2.05, 4.69) is 10.3 Å². The minimum absolute atomic E-state index is 0.000188. The van der Waals surface area contributed by atoms with Crippen molar-refractivity contribution < 1.29 is 9.53 Å². The van der Waals surface area contributed by atoms with E-state index in [1.807, 2.05) is 25.1 Å². The van der Waals surface area contributed by atoms with Gasteiger partial charge in [-0.3, -0.25) is 14.2 Å². The molecule has 0 saturated carbocycles. The third-order valence-electron chi connectivity index (χ3n) is 4.45. The molecule has 0 bridgehead atoms. The molecule has 1 aliphatic heterocycles. The highest BCUT2D eigenvalue weighted by molar-refractivity contribution is 5.77. The molecule has 24 heavy (non-hydrogen) atoms. The van der Waals surface area contributed by atoms with Crippen LogP contribution >= 0.6 is 0 Å². The Morgan fingerprint density at radius 1 is 1.46 bits per heavy atom. The van der Waals surface area contributed by atoms with Crippen LogP contribution in [0.25, 0.3) is 10.9 Å². The zero-order valence-electron chi connectivity index (χ0n) is 13.9. The third-order valence-corrected chi connectivity index (χ3v) is 4.45. The summed E-state index contributed by atoms with van der Waals surface area (Å²) in [5.41, 5.74) is 0.635. The number of aromatic nitrogens is 2. The second-order valence-corrected chi connectivity index (χ2v) is 6.27. The minimum Gasteiger partial charge on any atom is -0.376 e. The molecule has 0 aliphatic carbocycles. The van der Waals surface area contributed by atoms with E-state index < -0.39 is 0 Å². The Kier molecular flexibility index (Phi) is 5.25. The number of benzene rings is 1. The molecule has 2 aromatic rings. The van der Waals surface area contributed by atoms with Gasteiger partial charge in [-0.1, -0.05) is 12.1 Å². The number of hydrogen-bond donors (Lipinski definition) is 1. The number of para-hydroxylation sites is 1. The van der Waals surface area contributed by atoms with Crippen LogP contribution in [0.4, 0.5) is 0 Å². The fraction of sp³-hybridized carbons (Fsp3) is 0.500. The Bertz CT molecular complexity index is 765. The number of hydrogen-bond acceptors (Lipinski definition) is 4. The minimum atomic E-state index is -0.0614. The van der Waals surface area contributed by atoms with Gasteiger partial charge in [0.05, 0.1) is 29.4 Å². The van der Waals surface area contributed by atoms with Crippen molar-refractivity contribution in [3.05, 3.63) is 40.9 Å². The van der Waals surface area contributed by atoms with E-state index in [0.717, 1.165) is 19.4 Å². The van der Waals surface area contributed by atoms with Crippen molar-refractivity contribution in [1.82, 2.24) is 14.9 Å². The number of ether oxygens (including phenoxy) is 1. The lowest BCUT2D eigenvalue weighted by Gasteiger charge is -2.20. The van der Waals surface area contributed by atoms with E-state index in [9.17, 15) is 9.59 Å². The highest BCUT2D eigenvalue weighted by Gasteiger charge is 2.23. The predicted octanol–water partition coefficient (Wildman–Crippen LogP) is 1.86. The third kappa shape index (κ3) is 3.82. The molecule has 1 aromatic heterocycles. The normalized spacial score (nSPS) is 18.6. The lowest BCUT2D eigenvalue weighted by Crippen LogP contribution is -2.40. The molecule has 1 N–H and O–H groups in total. The maximum absolute atomic E-state index is 12.4. The van der Waals surface area contributed by atoms with Crippen molar-refractivity contribution in [2.75, 3.05) is 6.61 Å². The molecule has 0 spiro atoms. The zero-order valence-corrected chi connectivity index (χ0v) is 13.9. The van der Waals surface area contributed by atoms with Crippen molar-refractivity contribution >= 4 is 16.8 Å². The second-order valence-electron chi connectivity index (χ2n) is 6.27. The molecular formula is C18H23N3O3. The first-order chi connectivity index (χ1) is 11.6. The number of carbonyl (C=O) groups excluding carboxylic acids is 1. The van der Waals surface area contributed by atoms with Gasteiger partial charge in [0.15, 0.2) is 0 Å². The number of aryl methyl sites for hydroxylation is 1. The molecule has 6 heteroatoms. The number of rotatable bonds is 6.